The van der Waals surface area contributed by atoms with Crippen molar-refractivity contribution in [2.75, 3.05) is 15.9 Å². The molecule has 3 aromatic carbocycles. The molecule has 5 nitrogen and oxygen atoms in total. The molecule has 7 heteroatoms. The van der Waals surface area contributed by atoms with Gasteiger partial charge in [0.05, 0.1) is 18.5 Å². The fourth-order valence-corrected chi connectivity index (χ4v) is 3.89. The van der Waals surface area contributed by atoms with E-state index >= 15 is 0 Å². The molecular formula is C22H21ClN2O3S. The lowest BCUT2D eigenvalue weighted by molar-refractivity contribution is 0.102. The molecule has 1 N–H and O–H groups in total. The average Bonchev–Trinajstić information content (AvgIpc) is 2.67. The quantitative estimate of drug-likeness (QED) is 0.609. The normalized spacial score (nSPS) is 11.1. The van der Waals surface area contributed by atoms with Crippen molar-refractivity contribution >= 4 is 38.9 Å². The second kappa shape index (κ2) is 8.68. The zero-order valence-corrected chi connectivity index (χ0v) is 17.7. The maximum Gasteiger partial charge on any atom is 0.255 e. The largest absolute Gasteiger partial charge is 0.322 e. The third-order valence-corrected chi connectivity index (χ3v) is 5.72. The van der Waals surface area contributed by atoms with Crippen LogP contribution in [0.25, 0.3) is 0 Å². The molecule has 0 saturated heterocycles. The number of carbonyl (C=O) groups excluding carboxylic acids is 1. The van der Waals surface area contributed by atoms with Gasteiger partial charge in [0.15, 0.2) is 0 Å². The van der Waals surface area contributed by atoms with Gasteiger partial charge in [-0.05, 0) is 55.0 Å². The highest BCUT2D eigenvalue weighted by atomic mass is 35.5. The standard InChI is InChI=1S/C22H21ClN2O3S/c1-16-6-8-17(9-7-16)15-25(29(2,27)28)21-12-10-18(11-13-21)22(26)24-20-5-3-4-19(23)14-20/h3-14H,15H2,1-2H3,(H,24,26). The average molecular weight is 429 g/mol. The highest BCUT2D eigenvalue weighted by molar-refractivity contribution is 7.92. The van der Waals surface area contributed by atoms with Gasteiger partial charge in [-0.25, -0.2) is 8.42 Å². The minimum absolute atomic E-state index is 0.215. The molecule has 0 aliphatic carbocycles. The Balaban J connectivity index is 1.80. The fraction of sp³-hybridized carbons (Fsp3) is 0.136. The van der Waals surface area contributed by atoms with Crippen molar-refractivity contribution in [1.29, 1.82) is 0 Å². The van der Waals surface area contributed by atoms with Gasteiger partial charge < -0.3 is 5.32 Å². The molecule has 0 radical (unpaired) electrons. The van der Waals surface area contributed by atoms with Crippen LogP contribution < -0.4 is 9.62 Å². The number of nitrogens with zero attached hydrogens (tertiary/aromatic N) is 1. The smallest absolute Gasteiger partial charge is 0.255 e. The summed E-state index contributed by atoms with van der Waals surface area (Å²) in [6.45, 7) is 2.19. The van der Waals surface area contributed by atoms with Gasteiger partial charge in [-0.1, -0.05) is 47.5 Å². The van der Waals surface area contributed by atoms with Crippen molar-refractivity contribution in [3.05, 3.63) is 94.5 Å². The molecule has 3 aromatic rings. The number of carbonyl (C=O) groups is 1. The molecule has 29 heavy (non-hydrogen) atoms. The van der Waals surface area contributed by atoms with Gasteiger partial charge in [0.2, 0.25) is 10.0 Å². The van der Waals surface area contributed by atoms with Crippen LogP contribution in [0.15, 0.2) is 72.8 Å². The summed E-state index contributed by atoms with van der Waals surface area (Å²) in [5, 5.41) is 3.29. The summed E-state index contributed by atoms with van der Waals surface area (Å²) < 4.78 is 26.0. The Morgan fingerprint density at radius 3 is 2.24 bits per heavy atom. The van der Waals surface area contributed by atoms with E-state index in [9.17, 15) is 13.2 Å². The Morgan fingerprint density at radius 1 is 1.00 bits per heavy atom. The number of halogens is 1. The molecule has 0 atom stereocenters. The Labute approximate surface area is 176 Å². The first kappa shape index (κ1) is 20.9. The van der Waals surface area contributed by atoms with E-state index in [1.54, 1.807) is 48.5 Å². The second-order valence-corrected chi connectivity index (χ2v) is 9.11. The van der Waals surface area contributed by atoms with E-state index in [0.29, 0.717) is 22.0 Å². The van der Waals surface area contributed by atoms with Crippen LogP contribution in [-0.2, 0) is 16.6 Å². The first-order chi connectivity index (χ1) is 13.7. The number of rotatable bonds is 6. The number of nitrogens with one attached hydrogen (secondary N) is 1. The molecule has 0 unspecified atom stereocenters. The Hall–Kier alpha value is -2.83. The van der Waals surface area contributed by atoms with Crippen molar-refractivity contribution in [2.45, 2.75) is 13.5 Å². The van der Waals surface area contributed by atoms with Crippen molar-refractivity contribution in [3.63, 3.8) is 0 Å². The van der Waals surface area contributed by atoms with Crippen LogP contribution in [0.3, 0.4) is 0 Å². The molecule has 0 bridgehead atoms. The molecular weight excluding hydrogens is 408 g/mol. The van der Waals surface area contributed by atoms with Crippen molar-refractivity contribution in [1.82, 2.24) is 0 Å². The van der Waals surface area contributed by atoms with Crippen LogP contribution >= 0.6 is 11.6 Å². The van der Waals surface area contributed by atoms with Crippen LogP contribution in [0.4, 0.5) is 11.4 Å². The number of benzene rings is 3. The molecule has 3 rings (SSSR count). The van der Waals surface area contributed by atoms with Gasteiger partial charge in [-0.3, -0.25) is 9.10 Å². The van der Waals surface area contributed by atoms with Gasteiger partial charge in [0.1, 0.15) is 0 Å². The van der Waals surface area contributed by atoms with E-state index in [-0.39, 0.29) is 12.5 Å². The lowest BCUT2D eigenvalue weighted by atomic mass is 10.1. The van der Waals surface area contributed by atoms with Crippen molar-refractivity contribution < 1.29 is 13.2 Å². The van der Waals surface area contributed by atoms with E-state index in [4.69, 9.17) is 11.6 Å². The van der Waals surface area contributed by atoms with Crippen LogP contribution in [0, 0.1) is 6.92 Å². The lowest BCUT2D eigenvalue weighted by Gasteiger charge is -2.23. The fourth-order valence-electron chi connectivity index (χ4n) is 2.81. The number of anilines is 2. The van der Waals surface area contributed by atoms with Gasteiger partial charge in [0.25, 0.3) is 5.91 Å². The maximum atomic E-state index is 12.4. The zero-order valence-electron chi connectivity index (χ0n) is 16.1. The molecule has 0 aromatic heterocycles. The number of sulfonamides is 1. The highest BCUT2D eigenvalue weighted by Gasteiger charge is 2.18. The van der Waals surface area contributed by atoms with E-state index in [1.807, 2.05) is 31.2 Å². The SMILES string of the molecule is Cc1ccc(CN(c2ccc(C(=O)Nc3cccc(Cl)c3)cc2)S(C)(=O)=O)cc1. The van der Waals surface area contributed by atoms with Crippen LogP contribution in [0.2, 0.25) is 5.02 Å². The highest BCUT2D eigenvalue weighted by Crippen LogP contribution is 2.22. The van der Waals surface area contributed by atoms with E-state index < -0.39 is 10.0 Å². The Morgan fingerprint density at radius 2 is 1.66 bits per heavy atom. The second-order valence-electron chi connectivity index (χ2n) is 6.77. The molecule has 0 spiro atoms. The summed E-state index contributed by atoms with van der Waals surface area (Å²) in [4.78, 5) is 12.4. The Kier molecular flexibility index (Phi) is 6.25. The van der Waals surface area contributed by atoms with Crippen LogP contribution in [0.1, 0.15) is 21.5 Å². The minimum Gasteiger partial charge on any atom is -0.322 e. The predicted octanol–water partition coefficient (Wildman–Crippen LogP) is 4.87. The molecule has 0 aliphatic rings. The minimum atomic E-state index is -3.49. The monoisotopic (exact) mass is 428 g/mol. The molecule has 0 aliphatic heterocycles. The number of amides is 1. The van der Waals surface area contributed by atoms with Crippen molar-refractivity contribution in [2.24, 2.45) is 0 Å². The Bertz CT molecular complexity index is 1110. The van der Waals surface area contributed by atoms with E-state index in [0.717, 1.165) is 11.1 Å². The van der Waals surface area contributed by atoms with Gasteiger partial charge >= 0.3 is 0 Å². The van der Waals surface area contributed by atoms with Gasteiger partial charge in [0, 0.05) is 16.3 Å². The topological polar surface area (TPSA) is 66.5 Å². The predicted molar refractivity (Wildman–Crippen MR) is 118 cm³/mol. The summed E-state index contributed by atoms with van der Waals surface area (Å²) in [6, 6.07) is 21.0. The third kappa shape index (κ3) is 5.59. The molecule has 150 valence electrons. The summed E-state index contributed by atoms with van der Waals surface area (Å²) in [5.74, 6) is -0.303. The molecule has 0 heterocycles. The number of hydrogen-bond donors (Lipinski definition) is 1. The summed E-state index contributed by atoms with van der Waals surface area (Å²) >= 11 is 5.93. The van der Waals surface area contributed by atoms with E-state index in [1.165, 1.54) is 10.6 Å². The van der Waals surface area contributed by atoms with Gasteiger partial charge in [-0.15, -0.1) is 0 Å². The van der Waals surface area contributed by atoms with Crippen molar-refractivity contribution in [3.8, 4) is 0 Å². The zero-order chi connectivity index (χ0) is 21.0. The third-order valence-electron chi connectivity index (χ3n) is 4.35. The number of aryl methyl sites for hydroxylation is 1. The molecule has 1 amide bonds. The van der Waals surface area contributed by atoms with E-state index in [2.05, 4.69) is 5.32 Å². The van der Waals surface area contributed by atoms with Crippen LogP contribution in [0.5, 0.6) is 0 Å². The first-order valence-corrected chi connectivity index (χ1v) is 11.2. The molecule has 0 saturated carbocycles. The first-order valence-electron chi connectivity index (χ1n) is 8.92. The lowest BCUT2D eigenvalue weighted by Crippen LogP contribution is -2.29. The number of hydrogen-bond acceptors (Lipinski definition) is 3. The molecule has 0 fully saturated rings. The van der Waals surface area contributed by atoms with Crippen LogP contribution in [-0.4, -0.2) is 20.6 Å². The van der Waals surface area contributed by atoms with Gasteiger partial charge in [-0.2, -0.15) is 0 Å². The maximum absolute atomic E-state index is 12.4. The summed E-state index contributed by atoms with van der Waals surface area (Å²) in [6.07, 6.45) is 1.17. The summed E-state index contributed by atoms with van der Waals surface area (Å²) in [7, 11) is -3.49. The summed E-state index contributed by atoms with van der Waals surface area (Å²) in [5.41, 5.74) is 3.48.